The summed E-state index contributed by atoms with van der Waals surface area (Å²) in [6.45, 7) is 4.08. The van der Waals surface area contributed by atoms with E-state index in [9.17, 15) is 10.1 Å². The lowest BCUT2D eigenvalue weighted by molar-refractivity contribution is -0.392. The molecule has 0 spiro atoms. The second-order valence-electron chi connectivity index (χ2n) is 2.29. The fourth-order valence-electron chi connectivity index (χ4n) is 1.04. The van der Waals surface area contributed by atoms with Crippen molar-refractivity contribution in [3.8, 4) is 0 Å². The van der Waals surface area contributed by atoms with E-state index in [-0.39, 0.29) is 5.82 Å². The Bertz CT molecular complexity index is 321. The molecule has 0 N–H and O–H groups in total. The van der Waals surface area contributed by atoms with Crippen LogP contribution in [0.1, 0.15) is 12.6 Å². The SMILES string of the molecule is CCn1c(I)nc(C)c1[N+](=O)[O-]. The Labute approximate surface area is 83.1 Å². The van der Waals surface area contributed by atoms with Crippen LogP contribution in [0.15, 0.2) is 0 Å². The maximum atomic E-state index is 10.6. The quantitative estimate of drug-likeness (QED) is 0.471. The molecule has 0 amide bonds. The highest BCUT2D eigenvalue weighted by Gasteiger charge is 2.21. The number of imidazole rings is 1. The van der Waals surface area contributed by atoms with Gasteiger partial charge in [-0.15, -0.1) is 0 Å². The monoisotopic (exact) mass is 281 g/mol. The molecule has 0 radical (unpaired) electrons. The van der Waals surface area contributed by atoms with Gasteiger partial charge < -0.3 is 10.1 Å². The lowest BCUT2D eigenvalue weighted by Crippen LogP contribution is -2.03. The van der Waals surface area contributed by atoms with Gasteiger partial charge in [0.25, 0.3) is 3.83 Å². The van der Waals surface area contributed by atoms with Crippen LogP contribution in [0.5, 0.6) is 0 Å². The zero-order valence-electron chi connectivity index (χ0n) is 6.74. The van der Waals surface area contributed by atoms with Crippen molar-refractivity contribution in [2.45, 2.75) is 20.4 Å². The van der Waals surface area contributed by atoms with Crippen molar-refractivity contribution in [1.29, 1.82) is 0 Å². The first-order chi connectivity index (χ1) is 5.57. The zero-order valence-corrected chi connectivity index (χ0v) is 8.90. The summed E-state index contributed by atoms with van der Waals surface area (Å²) in [5.74, 6) is 0.0990. The van der Waals surface area contributed by atoms with Crippen LogP contribution in [-0.4, -0.2) is 14.5 Å². The second kappa shape index (κ2) is 3.38. The minimum absolute atomic E-state index is 0.0990. The minimum Gasteiger partial charge on any atom is -0.358 e. The third kappa shape index (κ3) is 1.43. The fourth-order valence-corrected chi connectivity index (χ4v) is 1.97. The highest BCUT2D eigenvalue weighted by atomic mass is 127. The van der Waals surface area contributed by atoms with Gasteiger partial charge in [-0.2, -0.15) is 0 Å². The van der Waals surface area contributed by atoms with Crippen molar-refractivity contribution in [3.05, 3.63) is 19.6 Å². The van der Waals surface area contributed by atoms with E-state index in [2.05, 4.69) is 4.98 Å². The van der Waals surface area contributed by atoms with Crippen LogP contribution in [0, 0.1) is 20.9 Å². The van der Waals surface area contributed by atoms with Crippen LogP contribution < -0.4 is 0 Å². The Morgan fingerprint density at radius 3 is 2.67 bits per heavy atom. The lowest BCUT2D eigenvalue weighted by atomic mass is 10.5. The van der Waals surface area contributed by atoms with Crippen molar-refractivity contribution < 1.29 is 4.92 Å². The van der Waals surface area contributed by atoms with Gasteiger partial charge in [0.1, 0.15) is 5.69 Å². The van der Waals surface area contributed by atoms with Gasteiger partial charge in [-0.3, -0.25) is 0 Å². The molecule has 0 bridgehead atoms. The zero-order chi connectivity index (χ0) is 9.30. The van der Waals surface area contributed by atoms with Gasteiger partial charge >= 0.3 is 5.82 Å². The molecule has 1 rings (SSSR count). The molecular weight excluding hydrogens is 273 g/mol. The van der Waals surface area contributed by atoms with Crippen molar-refractivity contribution in [3.63, 3.8) is 0 Å². The molecular formula is C6H8IN3O2. The number of aryl methyl sites for hydroxylation is 1. The molecule has 0 fully saturated rings. The molecule has 12 heavy (non-hydrogen) atoms. The maximum Gasteiger partial charge on any atom is 0.346 e. The predicted molar refractivity (Wildman–Crippen MR) is 52.0 cm³/mol. The molecule has 5 nitrogen and oxygen atoms in total. The van der Waals surface area contributed by atoms with Crippen LogP contribution in [0.4, 0.5) is 5.82 Å². The normalized spacial score (nSPS) is 10.2. The van der Waals surface area contributed by atoms with Crippen molar-refractivity contribution >= 4 is 28.4 Å². The van der Waals surface area contributed by atoms with E-state index in [1.807, 2.05) is 29.5 Å². The highest BCUT2D eigenvalue weighted by Crippen LogP contribution is 2.20. The van der Waals surface area contributed by atoms with E-state index in [0.29, 0.717) is 16.1 Å². The van der Waals surface area contributed by atoms with E-state index in [1.54, 1.807) is 11.5 Å². The average molecular weight is 281 g/mol. The number of aromatic nitrogens is 2. The van der Waals surface area contributed by atoms with E-state index >= 15 is 0 Å². The minimum atomic E-state index is -0.395. The highest BCUT2D eigenvalue weighted by molar-refractivity contribution is 14.1. The van der Waals surface area contributed by atoms with E-state index in [4.69, 9.17) is 0 Å². The third-order valence-corrected chi connectivity index (χ3v) is 2.37. The van der Waals surface area contributed by atoms with E-state index < -0.39 is 4.92 Å². The molecule has 0 aliphatic heterocycles. The van der Waals surface area contributed by atoms with Gasteiger partial charge in [0.2, 0.25) is 0 Å². The van der Waals surface area contributed by atoms with Crippen LogP contribution in [0.2, 0.25) is 0 Å². The van der Waals surface area contributed by atoms with Crippen LogP contribution in [0.25, 0.3) is 0 Å². The second-order valence-corrected chi connectivity index (χ2v) is 3.26. The predicted octanol–water partition coefficient (Wildman–Crippen LogP) is 1.72. The van der Waals surface area contributed by atoms with Gasteiger partial charge in [-0.1, -0.05) is 0 Å². The number of hydrogen-bond donors (Lipinski definition) is 0. The summed E-state index contributed by atoms with van der Waals surface area (Å²) in [4.78, 5) is 14.2. The van der Waals surface area contributed by atoms with E-state index in [1.165, 1.54) is 0 Å². The summed E-state index contributed by atoms with van der Waals surface area (Å²) in [6, 6.07) is 0. The molecule has 0 aromatic carbocycles. The maximum absolute atomic E-state index is 10.6. The summed E-state index contributed by atoms with van der Waals surface area (Å²) in [5.41, 5.74) is 0.478. The third-order valence-electron chi connectivity index (χ3n) is 1.55. The number of rotatable bonds is 2. The first-order valence-electron chi connectivity index (χ1n) is 3.45. The van der Waals surface area contributed by atoms with Crippen molar-refractivity contribution in [1.82, 2.24) is 9.55 Å². The van der Waals surface area contributed by atoms with Gasteiger partial charge in [-0.25, -0.2) is 9.55 Å². The standard InChI is InChI=1S/C6H8IN3O2/c1-3-9-5(10(11)12)4(2)8-6(9)7/h3H2,1-2H3. The van der Waals surface area contributed by atoms with Crippen molar-refractivity contribution in [2.75, 3.05) is 0 Å². The number of halogens is 1. The Balaban J connectivity index is 3.32. The molecule has 6 heteroatoms. The largest absolute Gasteiger partial charge is 0.358 e. The van der Waals surface area contributed by atoms with Gasteiger partial charge in [0.05, 0.1) is 6.54 Å². The molecule has 1 aromatic heterocycles. The summed E-state index contributed by atoms with van der Waals surface area (Å²) in [5, 5.41) is 10.6. The number of hydrogen-bond acceptors (Lipinski definition) is 3. The lowest BCUT2D eigenvalue weighted by Gasteiger charge is -1.97. The first kappa shape index (κ1) is 9.43. The Morgan fingerprint density at radius 1 is 1.75 bits per heavy atom. The smallest absolute Gasteiger partial charge is 0.346 e. The molecule has 0 aliphatic rings. The molecule has 0 unspecified atom stereocenters. The summed E-state index contributed by atoms with van der Waals surface area (Å²) in [7, 11) is 0. The molecule has 0 atom stereocenters. The molecule has 0 saturated carbocycles. The molecule has 0 aliphatic carbocycles. The Kier molecular flexibility index (Phi) is 2.65. The summed E-state index contributed by atoms with van der Waals surface area (Å²) in [6.07, 6.45) is 0. The topological polar surface area (TPSA) is 61.0 Å². The first-order valence-corrected chi connectivity index (χ1v) is 4.52. The molecule has 66 valence electrons. The average Bonchev–Trinajstić information content (AvgIpc) is 2.24. The van der Waals surface area contributed by atoms with Crippen LogP contribution in [0.3, 0.4) is 0 Å². The summed E-state index contributed by atoms with van der Waals surface area (Å²) >= 11 is 1.99. The van der Waals surface area contributed by atoms with Crippen LogP contribution in [-0.2, 0) is 6.54 Å². The van der Waals surface area contributed by atoms with Crippen molar-refractivity contribution in [2.24, 2.45) is 0 Å². The Morgan fingerprint density at radius 2 is 2.33 bits per heavy atom. The molecule has 0 saturated heterocycles. The Hall–Kier alpha value is -0.660. The van der Waals surface area contributed by atoms with Gasteiger partial charge in [0, 0.05) is 22.6 Å². The van der Waals surface area contributed by atoms with Crippen LogP contribution >= 0.6 is 22.6 Å². The van der Waals surface area contributed by atoms with Gasteiger partial charge in [0.15, 0.2) is 0 Å². The summed E-state index contributed by atoms with van der Waals surface area (Å²) < 4.78 is 2.25. The number of nitrogens with zero attached hydrogens (tertiary/aromatic N) is 3. The van der Waals surface area contributed by atoms with Gasteiger partial charge in [-0.05, 0) is 18.8 Å². The fraction of sp³-hybridized carbons (Fsp3) is 0.500. The number of nitro groups is 1. The molecule has 1 heterocycles. The molecule has 1 aromatic rings. The van der Waals surface area contributed by atoms with E-state index in [0.717, 1.165) is 0 Å².